The van der Waals surface area contributed by atoms with Crippen LogP contribution in [0.1, 0.15) is 30.4 Å². The lowest BCUT2D eigenvalue weighted by atomic mass is 10.0. The summed E-state index contributed by atoms with van der Waals surface area (Å²) in [7, 11) is 0. The van der Waals surface area contributed by atoms with Crippen LogP contribution in [0.2, 0.25) is 5.02 Å². The topological polar surface area (TPSA) is 31.4 Å². The third kappa shape index (κ3) is 6.64. The molecule has 186 valence electrons. The van der Waals surface area contributed by atoms with Crippen LogP contribution in [0.3, 0.4) is 0 Å². The SMILES string of the molecule is Clc1ccc2c(NCCCN3CCC(N(Cc4ccccc4)Cc4ccccc4)CC3)ccnc2c1. The molecule has 0 saturated carbocycles. The van der Waals surface area contributed by atoms with E-state index in [1.54, 1.807) is 0 Å². The average Bonchev–Trinajstić information content (AvgIpc) is 2.92. The van der Waals surface area contributed by atoms with Crippen LogP contribution >= 0.6 is 11.6 Å². The summed E-state index contributed by atoms with van der Waals surface area (Å²) in [5, 5.41) is 5.46. The van der Waals surface area contributed by atoms with Gasteiger partial charge < -0.3 is 10.2 Å². The van der Waals surface area contributed by atoms with Crippen molar-refractivity contribution in [2.45, 2.75) is 38.4 Å². The van der Waals surface area contributed by atoms with E-state index in [0.29, 0.717) is 6.04 Å². The molecule has 1 aliphatic rings. The van der Waals surface area contributed by atoms with Crippen molar-refractivity contribution in [3.05, 3.63) is 107 Å². The molecule has 2 heterocycles. The molecule has 36 heavy (non-hydrogen) atoms. The molecule has 0 unspecified atom stereocenters. The van der Waals surface area contributed by atoms with Crippen molar-refractivity contribution in [2.75, 3.05) is 31.5 Å². The van der Waals surface area contributed by atoms with E-state index in [1.165, 1.54) is 37.1 Å². The van der Waals surface area contributed by atoms with Crippen LogP contribution in [0.25, 0.3) is 10.9 Å². The minimum absolute atomic E-state index is 0.620. The fourth-order valence-electron chi connectivity index (χ4n) is 5.26. The number of hydrogen-bond acceptors (Lipinski definition) is 4. The monoisotopic (exact) mass is 498 g/mol. The van der Waals surface area contributed by atoms with Gasteiger partial charge in [0.1, 0.15) is 0 Å². The predicted molar refractivity (Wildman–Crippen MR) is 151 cm³/mol. The van der Waals surface area contributed by atoms with E-state index >= 15 is 0 Å². The van der Waals surface area contributed by atoms with Gasteiger partial charge in [-0.25, -0.2) is 0 Å². The van der Waals surface area contributed by atoms with Crippen molar-refractivity contribution >= 4 is 28.2 Å². The first-order chi connectivity index (χ1) is 17.7. The largest absolute Gasteiger partial charge is 0.384 e. The average molecular weight is 499 g/mol. The molecule has 5 rings (SSSR count). The number of hydrogen-bond donors (Lipinski definition) is 1. The third-order valence-electron chi connectivity index (χ3n) is 7.20. The van der Waals surface area contributed by atoms with Crippen molar-refractivity contribution < 1.29 is 0 Å². The van der Waals surface area contributed by atoms with Gasteiger partial charge in [0.05, 0.1) is 5.52 Å². The highest BCUT2D eigenvalue weighted by molar-refractivity contribution is 6.31. The number of halogens is 1. The number of pyridine rings is 1. The second-order valence-corrected chi connectivity index (χ2v) is 10.2. The van der Waals surface area contributed by atoms with Crippen molar-refractivity contribution in [3.63, 3.8) is 0 Å². The lowest BCUT2D eigenvalue weighted by Gasteiger charge is -2.39. The quantitative estimate of drug-likeness (QED) is 0.242. The van der Waals surface area contributed by atoms with Crippen LogP contribution in [0.4, 0.5) is 5.69 Å². The molecule has 4 nitrogen and oxygen atoms in total. The number of nitrogens with one attached hydrogen (secondary N) is 1. The number of likely N-dealkylation sites (tertiary alicyclic amines) is 1. The van der Waals surface area contributed by atoms with Crippen LogP contribution < -0.4 is 5.32 Å². The van der Waals surface area contributed by atoms with Crippen LogP contribution in [0.5, 0.6) is 0 Å². The van der Waals surface area contributed by atoms with E-state index in [1.807, 2.05) is 18.3 Å². The summed E-state index contributed by atoms with van der Waals surface area (Å²) < 4.78 is 0. The lowest BCUT2D eigenvalue weighted by Crippen LogP contribution is -2.44. The Balaban J connectivity index is 1.11. The summed E-state index contributed by atoms with van der Waals surface area (Å²) in [6.07, 6.45) is 5.42. The molecule has 0 bridgehead atoms. The van der Waals surface area contributed by atoms with Gasteiger partial charge in [-0.15, -0.1) is 0 Å². The van der Waals surface area contributed by atoms with Crippen molar-refractivity contribution in [2.24, 2.45) is 0 Å². The Morgan fingerprint density at radius 2 is 1.53 bits per heavy atom. The normalized spacial score (nSPS) is 14.9. The van der Waals surface area contributed by atoms with Gasteiger partial charge in [0.25, 0.3) is 0 Å². The molecule has 5 heteroatoms. The molecule has 1 aromatic heterocycles. The van der Waals surface area contributed by atoms with E-state index in [-0.39, 0.29) is 0 Å². The molecule has 0 aliphatic carbocycles. The second-order valence-electron chi connectivity index (χ2n) is 9.75. The molecule has 1 N–H and O–H groups in total. The van der Waals surface area contributed by atoms with Gasteiger partial charge in [-0.3, -0.25) is 9.88 Å². The Kier molecular flexibility index (Phi) is 8.50. The maximum absolute atomic E-state index is 6.13. The zero-order chi connectivity index (χ0) is 24.6. The molecular weight excluding hydrogens is 464 g/mol. The third-order valence-corrected chi connectivity index (χ3v) is 7.44. The van der Waals surface area contributed by atoms with Gasteiger partial charge in [-0.1, -0.05) is 72.3 Å². The number of anilines is 1. The maximum atomic E-state index is 6.13. The van der Waals surface area contributed by atoms with Crippen molar-refractivity contribution in [1.82, 2.24) is 14.8 Å². The number of fused-ring (bicyclic) bond motifs is 1. The molecule has 0 atom stereocenters. The van der Waals surface area contributed by atoms with Crippen LogP contribution in [0, 0.1) is 0 Å². The molecule has 1 fully saturated rings. The zero-order valence-corrected chi connectivity index (χ0v) is 21.6. The molecule has 1 aliphatic heterocycles. The minimum atomic E-state index is 0.620. The standard InChI is InChI=1S/C31H35ClN4/c32-27-12-13-29-30(14-18-34-31(29)22-27)33-17-7-19-35-20-15-28(16-21-35)36(23-25-8-3-1-4-9-25)24-26-10-5-2-6-11-26/h1-6,8-14,18,22,28H,7,15-17,19-21,23-24H2,(H,33,34). The van der Waals surface area contributed by atoms with Crippen LogP contribution in [-0.4, -0.2) is 47.0 Å². The molecule has 4 aromatic rings. The Hall–Kier alpha value is -2.92. The second kappa shape index (κ2) is 12.4. The first-order valence-corrected chi connectivity index (χ1v) is 13.4. The Labute approximate surface area is 219 Å². The van der Waals surface area contributed by atoms with Crippen molar-refractivity contribution in [3.8, 4) is 0 Å². The Morgan fingerprint density at radius 1 is 0.861 bits per heavy atom. The molecule has 0 spiro atoms. The summed E-state index contributed by atoms with van der Waals surface area (Å²) >= 11 is 6.13. The Bertz CT molecular complexity index is 1180. The minimum Gasteiger partial charge on any atom is -0.384 e. The Morgan fingerprint density at radius 3 is 2.19 bits per heavy atom. The maximum Gasteiger partial charge on any atom is 0.0737 e. The summed E-state index contributed by atoms with van der Waals surface area (Å²) in [5.74, 6) is 0. The van der Waals surface area contributed by atoms with Gasteiger partial charge >= 0.3 is 0 Å². The van der Waals surface area contributed by atoms with E-state index in [2.05, 4.69) is 92.9 Å². The lowest BCUT2D eigenvalue weighted by molar-refractivity contribution is 0.0964. The summed E-state index contributed by atoms with van der Waals surface area (Å²) in [6.45, 7) is 6.44. The number of piperidine rings is 1. The van der Waals surface area contributed by atoms with Crippen LogP contribution in [-0.2, 0) is 13.1 Å². The number of nitrogens with zero attached hydrogens (tertiary/aromatic N) is 3. The van der Waals surface area contributed by atoms with Gasteiger partial charge in [-0.2, -0.15) is 0 Å². The van der Waals surface area contributed by atoms with E-state index < -0.39 is 0 Å². The van der Waals surface area contributed by atoms with Crippen LogP contribution in [0.15, 0.2) is 91.1 Å². The fraction of sp³-hybridized carbons (Fsp3) is 0.323. The highest BCUT2D eigenvalue weighted by Crippen LogP contribution is 2.25. The fourth-order valence-corrected chi connectivity index (χ4v) is 5.43. The highest BCUT2D eigenvalue weighted by atomic mass is 35.5. The van der Waals surface area contributed by atoms with Gasteiger partial charge in [0, 0.05) is 48.0 Å². The van der Waals surface area contributed by atoms with Gasteiger partial charge in [0.2, 0.25) is 0 Å². The molecular formula is C31H35ClN4. The molecule has 1 saturated heterocycles. The van der Waals surface area contributed by atoms with Crippen molar-refractivity contribution in [1.29, 1.82) is 0 Å². The predicted octanol–water partition coefficient (Wildman–Crippen LogP) is 6.86. The first kappa shape index (κ1) is 24.8. The highest BCUT2D eigenvalue weighted by Gasteiger charge is 2.24. The molecule has 3 aromatic carbocycles. The van der Waals surface area contributed by atoms with Gasteiger partial charge in [-0.05, 0) is 74.3 Å². The smallest absolute Gasteiger partial charge is 0.0737 e. The number of benzene rings is 3. The summed E-state index contributed by atoms with van der Waals surface area (Å²) in [4.78, 5) is 9.76. The van der Waals surface area contributed by atoms with E-state index in [4.69, 9.17) is 11.6 Å². The summed E-state index contributed by atoms with van der Waals surface area (Å²) in [6, 6.07) is 30.4. The molecule has 0 amide bonds. The van der Waals surface area contributed by atoms with E-state index in [0.717, 1.165) is 54.2 Å². The first-order valence-electron chi connectivity index (χ1n) is 13.1. The zero-order valence-electron chi connectivity index (χ0n) is 20.8. The van der Waals surface area contributed by atoms with E-state index in [9.17, 15) is 0 Å². The molecule has 0 radical (unpaired) electrons. The van der Waals surface area contributed by atoms with Gasteiger partial charge in [0.15, 0.2) is 0 Å². The number of rotatable bonds is 10. The summed E-state index contributed by atoms with van der Waals surface area (Å²) in [5.41, 5.74) is 4.86. The number of aromatic nitrogens is 1.